The standard InChI is InChI=1S/C9H8FO/c10-8-3-1-2-7-6(8)4-5-9(7)11/h1,3,6-7H,4-5H2/t6-,7?/m0/s1. The third kappa shape index (κ3) is 0.934. The molecule has 0 aromatic rings. The summed E-state index contributed by atoms with van der Waals surface area (Å²) in [7, 11) is 0. The van der Waals surface area contributed by atoms with Gasteiger partial charge in [0.2, 0.25) is 0 Å². The molecule has 1 fully saturated rings. The van der Waals surface area contributed by atoms with Crippen LogP contribution in [0.2, 0.25) is 0 Å². The van der Waals surface area contributed by atoms with Gasteiger partial charge in [-0.25, -0.2) is 4.39 Å². The maximum Gasteiger partial charge on any atom is 0.141 e. The normalized spacial score (nSPS) is 35.4. The van der Waals surface area contributed by atoms with Crippen molar-refractivity contribution >= 4 is 5.78 Å². The predicted octanol–water partition coefficient (Wildman–Crippen LogP) is 1.81. The van der Waals surface area contributed by atoms with Crippen LogP contribution < -0.4 is 0 Å². The highest BCUT2D eigenvalue weighted by Crippen LogP contribution is 2.37. The Kier molecular flexibility index (Phi) is 1.41. The Morgan fingerprint density at radius 2 is 2.45 bits per heavy atom. The minimum absolute atomic E-state index is 0.134. The first-order valence-corrected chi connectivity index (χ1v) is 3.76. The van der Waals surface area contributed by atoms with Crippen molar-refractivity contribution in [2.45, 2.75) is 12.8 Å². The number of hydrogen-bond donors (Lipinski definition) is 0. The van der Waals surface area contributed by atoms with Gasteiger partial charge in [0.15, 0.2) is 0 Å². The van der Waals surface area contributed by atoms with Crippen molar-refractivity contribution in [1.29, 1.82) is 0 Å². The highest BCUT2D eigenvalue weighted by atomic mass is 19.1. The van der Waals surface area contributed by atoms with E-state index in [2.05, 4.69) is 6.08 Å². The molecule has 0 N–H and O–H groups in total. The van der Waals surface area contributed by atoms with Gasteiger partial charge in [-0.3, -0.25) is 4.79 Å². The first-order chi connectivity index (χ1) is 5.29. The Hall–Kier alpha value is -0.920. The van der Waals surface area contributed by atoms with E-state index in [0.717, 1.165) is 0 Å². The Bertz CT molecular complexity index is 252. The number of Topliss-reactive ketones (excluding diaryl/α,β-unsaturated/α-hetero) is 1. The molecule has 0 aliphatic heterocycles. The van der Waals surface area contributed by atoms with Gasteiger partial charge < -0.3 is 0 Å². The van der Waals surface area contributed by atoms with Crippen molar-refractivity contribution in [2.24, 2.45) is 11.8 Å². The van der Waals surface area contributed by atoms with Gasteiger partial charge in [-0.15, -0.1) is 0 Å². The molecule has 57 valence electrons. The average molecular weight is 151 g/mol. The number of ketones is 1. The van der Waals surface area contributed by atoms with Gasteiger partial charge in [0.25, 0.3) is 0 Å². The first kappa shape index (κ1) is 6.77. The highest BCUT2D eigenvalue weighted by molar-refractivity contribution is 5.85. The molecular weight excluding hydrogens is 143 g/mol. The molecule has 1 saturated carbocycles. The minimum atomic E-state index is -0.278. The van der Waals surface area contributed by atoms with Crippen LogP contribution in [0.25, 0.3) is 0 Å². The first-order valence-electron chi connectivity index (χ1n) is 3.76. The summed E-state index contributed by atoms with van der Waals surface area (Å²) < 4.78 is 12.9. The van der Waals surface area contributed by atoms with Gasteiger partial charge in [0.05, 0.1) is 5.92 Å². The van der Waals surface area contributed by atoms with Gasteiger partial charge in [-0.1, -0.05) is 6.08 Å². The Morgan fingerprint density at radius 3 is 3.18 bits per heavy atom. The Balaban J connectivity index is 2.31. The van der Waals surface area contributed by atoms with E-state index in [-0.39, 0.29) is 23.4 Å². The maximum atomic E-state index is 12.9. The predicted molar refractivity (Wildman–Crippen MR) is 38.2 cm³/mol. The summed E-state index contributed by atoms with van der Waals surface area (Å²) in [5.74, 6) is -0.485. The van der Waals surface area contributed by atoms with Gasteiger partial charge in [0.1, 0.15) is 11.6 Å². The summed E-state index contributed by atoms with van der Waals surface area (Å²) in [6, 6.07) is 0. The second-order valence-electron chi connectivity index (χ2n) is 2.97. The molecule has 1 radical (unpaired) electrons. The average Bonchev–Trinajstić information content (AvgIpc) is 2.35. The van der Waals surface area contributed by atoms with Crippen LogP contribution in [0, 0.1) is 17.9 Å². The summed E-state index contributed by atoms with van der Waals surface area (Å²) in [5.41, 5.74) is 0. The molecule has 2 aliphatic carbocycles. The summed E-state index contributed by atoms with van der Waals surface area (Å²) in [6.45, 7) is 0. The molecule has 0 heterocycles. The zero-order chi connectivity index (χ0) is 7.84. The van der Waals surface area contributed by atoms with Crippen molar-refractivity contribution in [3.63, 3.8) is 0 Å². The van der Waals surface area contributed by atoms with Gasteiger partial charge >= 0.3 is 0 Å². The quantitative estimate of drug-likeness (QED) is 0.516. The lowest BCUT2D eigenvalue weighted by Gasteiger charge is -2.14. The zero-order valence-electron chi connectivity index (χ0n) is 6.01. The molecule has 11 heavy (non-hydrogen) atoms. The smallest absolute Gasteiger partial charge is 0.141 e. The second kappa shape index (κ2) is 2.29. The SMILES string of the molecule is O=C1CC[C@@H]2C(F)=CC=[C]C12. The fraction of sp³-hybridized carbons (Fsp3) is 0.444. The molecule has 0 aromatic heterocycles. The molecule has 2 heteroatoms. The van der Waals surface area contributed by atoms with Crippen molar-refractivity contribution < 1.29 is 9.18 Å². The van der Waals surface area contributed by atoms with Crippen LogP contribution in [0.1, 0.15) is 12.8 Å². The molecule has 0 aromatic carbocycles. The van der Waals surface area contributed by atoms with E-state index >= 15 is 0 Å². The van der Waals surface area contributed by atoms with Crippen LogP contribution in [0.5, 0.6) is 0 Å². The summed E-state index contributed by atoms with van der Waals surface area (Å²) >= 11 is 0. The van der Waals surface area contributed by atoms with Crippen LogP contribution in [-0.4, -0.2) is 5.78 Å². The van der Waals surface area contributed by atoms with Gasteiger partial charge in [-0.2, -0.15) is 0 Å². The molecule has 2 aliphatic rings. The minimum Gasteiger partial charge on any atom is -0.299 e. The van der Waals surface area contributed by atoms with Crippen molar-refractivity contribution in [1.82, 2.24) is 0 Å². The fourth-order valence-corrected chi connectivity index (χ4v) is 1.71. The number of halogens is 1. The van der Waals surface area contributed by atoms with Crippen molar-refractivity contribution in [3.8, 4) is 0 Å². The molecule has 0 saturated heterocycles. The molecular formula is C9H8FO. The Morgan fingerprint density at radius 1 is 1.64 bits per heavy atom. The van der Waals surface area contributed by atoms with Crippen LogP contribution >= 0.6 is 0 Å². The molecule has 1 unspecified atom stereocenters. The van der Waals surface area contributed by atoms with Crippen LogP contribution in [0.4, 0.5) is 4.39 Å². The second-order valence-corrected chi connectivity index (χ2v) is 2.97. The summed E-state index contributed by atoms with van der Waals surface area (Å²) in [6.07, 6.45) is 6.96. The fourth-order valence-electron chi connectivity index (χ4n) is 1.71. The van der Waals surface area contributed by atoms with E-state index in [1.807, 2.05) is 0 Å². The summed E-state index contributed by atoms with van der Waals surface area (Å²) in [5, 5.41) is 0. The van der Waals surface area contributed by atoms with E-state index < -0.39 is 0 Å². The lowest BCUT2D eigenvalue weighted by atomic mass is 9.90. The van der Waals surface area contributed by atoms with Crippen molar-refractivity contribution in [3.05, 3.63) is 24.1 Å². The lowest BCUT2D eigenvalue weighted by molar-refractivity contribution is -0.120. The third-order valence-corrected chi connectivity index (χ3v) is 2.32. The van der Waals surface area contributed by atoms with E-state index in [4.69, 9.17) is 0 Å². The van der Waals surface area contributed by atoms with E-state index in [0.29, 0.717) is 12.8 Å². The number of hydrogen-bond acceptors (Lipinski definition) is 1. The van der Waals surface area contributed by atoms with Gasteiger partial charge in [-0.05, 0) is 18.6 Å². The number of fused-ring (bicyclic) bond motifs is 1. The Labute approximate surface area is 64.6 Å². The van der Waals surface area contributed by atoms with E-state index in [1.165, 1.54) is 12.2 Å². The topological polar surface area (TPSA) is 17.1 Å². The monoisotopic (exact) mass is 151 g/mol. The number of rotatable bonds is 0. The molecule has 0 amide bonds. The largest absolute Gasteiger partial charge is 0.299 e. The number of carbonyl (C=O) groups excluding carboxylic acids is 1. The van der Waals surface area contributed by atoms with Crippen LogP contribution in [0.15, 0.2) is 18.0 Å². The van der Waals surface area contributed by atoms with E-state index in [1.54, 1.807) is 0 Å². The van der Waals surface area contributed by atoms with Crippen LogP contribution in [0.3, 0.4) is 0 Å². The highest BCUT2D eigenvalue weighted by Gasteiger charge is 2.36. The molecule has 0 spiro atoms. The summed E-state index contributed by atoms with van der Waals surface area (Å²) in [4.78, 5) is 11.1. The zero-order valence-corrected chi connectivity index (χ0v) is 6.01. The van der Waals surface area contributed by atoms with E-state index in [9.17, 15) is 9.18 Å². The maximum absolute atomic E-state index is 12.9. The number of carbonyl (C=O) groups is 1. The van der Waals surface area contributed by atoms with Crippen LogP contribution in [-0.2, 0) is 4.79 Å². The molecule has 1 nitrogen and oxygen atoms in total. The molecule has 2 rings (SSSR count). The van der Waals surface area contributed by atoms with Gasteiger partial charge in [0, 0.05) is 12.3 Å². The number of allylic oxidation sites excluding steroid dienone is 4. The molecule has 2 atom stereocenters. The van der Waals surface area contributed by atoms with Crippen molar-refractivity contribution in [2.75, 3.05) is 0 Å². The lowest BCUT2D eigenvalue weighted by Crippen LogP contribution is -2.15. The molecule has 0 bridgehead atoms. The third-order valence-electron chi connectivity index (χ3n) is 2.32.